The molecule has 1 aliphatic heterocycles. The maximum absolute atomic E-state index is 5.92. The molecule has 0 bridgehead atoms. The van der Waals surface area contributed by atoms with Gasteiger partial charge in [0.2, 0.25) is 0 Å². The Kier molecular flexibility index (Phi) is 4.48. The monoisotopic (exact) mass is 304 g/mol. The van der Waals surface area contributed by atoms with Gasteiger partial charge in [-0.1, -0.05) is 0 Å². The van der Waals surface area contributed by atoms with Crippen LogP contribution in [0, 0.1) is 6.92 Å². The Hall–Kier alpha value is -1.50. The van der Waals surface area contributed by atoms with Crippen molar-refractivity contribution < 1.29 is 4.74 Å². The zero-order chi connectivity index (χ0) is 14.7. The molecule has 3 rings (SSSR count). The second-order valence-corrected chi connectivity index (χ2v) is 6.17. The molecule has 0 spiro atoms. The normalized spacial score (nSPS) is 19.6. The van der Waals surface area contributed by atoms with Crippen LogP contribution in [0.15, 0.2) is 23.7 Å². The lowest BCUT2D eigenvalue weighted by Gasteiger charge is -2.32. The molecule has 6 heteroatoms. The van der Waals surface area contributed by atoms with Crippen molar-refractivity contribution in [3.05, 3.63) is 40.1 Å². The Bertz CT molecular complexity index is 587. The zero-order valence-electron chi connectivity index (χ0n) is 12.4. The van der Waals surface area contributed by atoms with Crippen LogP contribution in [-0.2, 0) is 11.3 Å². The Morgan fingerprint density at radius 3 is 3.14 bits per heavy atom. The maximum atomic E-state index is 5.92. The summed E-state index contributed by atoms with van der Waals surface area (Å²) >= 11 is 1.70. The highest BCUT2D eigenvalue weighted by Crippen LogP contribution is 2.24. The van der Waals surface area contributed by atoms with Crippen LogP contribution in [0.2, 0.25) is 0 Å². The van der Waals surface area contributed by atoms with Gasteiger partial charge in [0.25, 0.3) is 0 Å². The van der Waals surface area contributed by atoms with Crippen LogP contribution in [0.1, 0.15) is 22.5 Å². The standard InChI is InChI=1S/C15H20N4OS/c1-11-7-12(16-2)8-13(18-11)14-9-19(4-5-20-14)10-15-17-3-6-21-15/h3,6-8,14H,4-5,9-10H2,1-2H3,(H,16,18)/t14-/m0/s1. The summed E-state index contributed by atoms with van der Waals surface area (Å²) in [6.07, 6.45) is 1.89. The fourth-order valence-corrected chi connectivity index (χ4v) is 3.21. The first-order chi connectivity index (χ1) is 10.2. The molecular formula is C15H20N4OS. The predicted octanol–water partition coefficient (Wildman–Crippen LogP) is 2.46. The first-order valence-corrected chi connectivity index (χ1v) is 8.01. The maximum Gasteiger partial charge on any atom is 0.112 e. The Balaban J connectivity index is 1.72. The van der Waals surface area contributed by atoms with E-state index >= 15 is 0 Å². The second-order valence-electron chi connectivity index (χ2n) is 5.19. The molecule has 5 nitrogen and oxygen atoms in total. The van der Waals surface area contributed by atoms with Gasteiger partial charge in [-0.2, -0.15) is 0 Å². The van der Waals surface area contributed by atoms with Gasteiger partial charge in [-0.3, -0.25) is 9.88 Å². The summed E-state index contributed by atoms with van der Waals surface area (Å²) in [5.41, 5.74) is 3.10. The largest absolute Gasteiger partial charge is 0.388 e. The van der Waals surface area contributed by atoms with Gasteiger partial charge in [0, 0.05) is 43.1 Å². The first-order valence-electron chi connectivity index (χ1n) is 7.13. The molecule has 0 saturated carbocycles. The molecule has 1 N–H and O–H groups in total. The Morgan fingerprint density at radius 1 is 1.48 bits per heavy atom. The molecular weight excluding hydrogens is 284 g/mol. The van der Waals surface area contributed by atoms with E-state index in [0.29, 0.717) is 0 Å². The summed E-state index contributed by atoms with van der Waals surface area (Å²) in [7, 11) is 1.93. The van der Waals surface area contributed by atoms with Crippen molar-refractivity contribution in [2.45, 2.75) is 19.6 Å². The van der Waals surface area contributed by atoms with Crippen LogP contribution in [-0.4, -0.2) is 41.6 Å². The molecule has 0 aliphatic carbocycles. The van der Waals surface area contributed by atoms with E-state index in [1.165, 1.54) is 0 Å². The number of rotatable bonds is 4. The summed E-state index contributed by atoms with van der Waals surface area (Å²) < 4.78 is 5.92. The van der Waals surface area contributed by atoms with Crippen molar-refractivity contribution >= 4 is 17.0 Å². The lowest BCUT2D eigenvalue weighted by atomic mass is 10.1. The van der Waals surface area contributed by atoms with Crippen molar-refractivity contribution in [1.82, 2.24) is 14.9 Å². The SMILES string of the molecule is CNc1cc(C)nc([C@@H]2CN(Cc3nccs3)CCO2)c1. The molecule has 1 saturated heterocycles. The van der Waals surface area contributed by atoms with E-state index in [1.54, 1.807) is 11.3 Å². The highest BCUT2D eigenvalue weighted by molar-refractivity contribution is 7.09. The third kappa shape index (κ3) is 3.58. The van der Waals surface area contributed by atoms with Crippen LogP contribution in [0.5, 0.6) is 0 Å². The van der Waals surface area contributed by atoms with E-state index in [9.17, 15) is 0 Å². The minimum Gasteiger partial charge on any atom is -0.388 e. The second kappa shape index (κ2) is 6.51. The van der Waals surface area contributed by atoms with Crippen LogP contribution in [0.4, 0.5) is 5.69 Å². The van der Waals surface area contributed by atoms with Gasteiger partial charge in [-0.15, -0.1) is 11.3 Å². The highest BCUT2D eigenvalue weighted by atomic mass is 32.1. The van der Waals surface area contributed by atoms with Gasteiger partial charge >= 0.3 is 0 Å². The summed E-state index contributed by atoms with van der Waals surface area (Å²) in [6.45, 7) is 5.45. The topological polar surface area (TPSA) is 50.3 Å². The Morgan fingerprint density at radius 2 is 2.38 bits per heavy atom. The third-order valence-electron chi connectivity index (χ3n) is 3.58. The zero-order valence-corrected chi connectivity index (χ0v) is 13.2. The van der Waals surface area contributed by atoms with Crippen molar-refractivity contribution in [3.63, 3.8) is 0 Å². The lowest BCUT2D eigenvalue weighted by Crippen LogP contribution is -2.38. The molecule has 2 aromatic rings. The van der Waals surface area contributed by atoms with Crippen LogP contribution < -0.4 is 5.32 Å². The highest BCUT2D eigenvalue weighted by Gasteiger charge is 2.24. The van der Waals surface area contributed by atoms with Crippen molar-refractivity contribution in [2.24, 2.45) is 0 Å². The van der Waals surface area contributed by atoms with E-state index < -0.39 is 0 Å². The average molecular weight is 304 g/mol. The van der Waals surface area contributed by atoms with E-state index in [2.05, 4.69) is 26.3 Å². The van der Waals surface area contributed by atoms with Crippen molar-refractivity contribution in [3.8, 4) is 0 Å². The average Bonchev–Trinajstić information content (AvgIpc) is 3.00. The molecule has 21 heavy (non-hydrogen) atoms. The fraction of sp³-hybridized carbons (Fsp3) is 0.467. The fourth-order valence-electron chi connectivity index (χ4n) is 2.55. The number of hydrogen-bond donors (Lipinski definition) is 1. The van der Waals surface area contributed by atoms with E-state index in [-0.39, 0.29) is 6.10 Å². The van der Waals surface area contributed by atoms with Crippen LogP contribution >= 0.6 is 11.3 Å². The number of thiazole rings is 1. The molecule has 1 fully saturated rings. The molecule has 0 aromatic carbocycles. The number of ether oxygens (including phenoxy) is 1. The number of morpholine rings is 1. The third-order valence-corrected chi connectivity index (χ3v) is 4.35. The van der Waals surface area contributed by atoms with E-state index in [4.69, 9.17) is 4.74 Å². The minimum absolute atomic E-state index is 0.0331. The predicted molar refractivity (Wildman–Crippen MR) is 84.6 cm³/mol. The number of nitrogens with one attached hydrogen (secondary N) is 1. The number of anilines is 1. The van der Waals surface area contributed by atoms with E-state index in [1.807, 2.05) is 31.6 Å². The summed E-state index contributed by atoms with van der Waals surface area (Å²) in [4.78, 5) is 11.4. The molecule has 3 heterocycles. The van der Waals surface area contributed by atoms with Gasteiger partial charge in [0.05, 0.1) is 18.8 Å². The van der Waals surface area contributed by atoms with Crippen LogP contribution in [0.3, 0.4) is 0 Å². The number of aryl methyl sites for hydroxylation is 1. The molecule has 112 valence electrons. The number of pyridine rings is 1. The van der Waals surface area contributed by atoms with Gasteiger partial charge in [0.15, 0.2) is 0 Å². The smallest absolute Gasteiger partial charge is 0.112 e. The summed E-state index contributed by atoms with van der Waals surface area (Å²) in [5.74, 6) is 0. The van der Waals surface area contributed by atoms with Crippen molar-refractivity contribution in [1.29, 1.82) is 0 Å². The minimum atomic E-state index is 0.0331. The number of aromatic nitrogens is 2. The molecule has 1 aliphatic rings. The van der Waals surface area contributed by atoms with Crippen LogP contribution in [0.25, 0.3) is 0 Å². The van der Waals surface area contributed by atoms with E-state index in [0.717, 1.165) is 48.3 Å². The molecule has 0 radical (unpaired) electrons. The number of hydrogen-bond acceptors (Lipinski definition) is 6. The van der Waals surface area contributed by atoms with Gasteiger partial charge in [-0.25, -0.2) is 4.98 Å². The first kappa shape index (κ1) is 14.4. The quantitative estimate of drug-likeness (QED) is 0.940. The summed E-state index contributed by atoms with van der Waals surface area (Å²) in [5, 5.41) is 6.36. The van der Waals surface area contributed by atoms with Gasteiger partial charge in [-0.05, 0) is 19.1 Å². The summed E-state index contributed by atoms with van der Waals surface area (Å²) in [6, 6.07) is 4.12. The number of nitrogens with zero attached hydrogens (tertiary/aromatic N) is 3. The molecule has 0 amide bonds. The molecule has 2 aromatic heterocycles. The lowest BCUT2D eigenvalue weighted by molar-refractivity contribution is -0.0350. The Labute approximate surface area is 129 Å². The van der Waals surface area contributed by atoms with Crippen molar-refractivity contribution in [2.75, 3.05) is 32.1 Å². The van der Waals surface area contributed by atoms with Gasteiger partial charge < -0.3 is 10.1 Å². The van der Waals surface area contributed by atoms with Gasteiger partial charge in [0.1, 0.15) is 11.1 Å². The molecule has 1 atom stereocenters. The molecule has 0 unspecified atom stereocenters.